The number of carbonyl (C=O) groups excluding carboxylic acids is 1. The number of morpholine rings is 1. The Hall–Kier alpha value is -0.610. The van der Waals surface area contributed by atoms with Gasteiger partial charge in [-0.15, -0.1) is 0 Å². The molecule has 0 aliphatic carbocycles. The molecule has 4 nitrogen and oxygen atoms in total. The Morgan fingerprint density at radius 2 is 2.33 bits per heavy atom. The molecule has 2 aliphatic heterocycles. The first kappa shape index (κ1) is 10.9. The van der Waals surface area contributed by atoms with Gasteiger partial charge in [0.25, 0.3) is 0 Å². The summed E-state index contributed by atoms with van der Waals surface area (Å²) >= 11 is 0. The van der Waals surface area contributed by atoms with E-state index >= 15 is 0 Å². The van der Waals surface area contributed by atoms with Crippen LogP contribution in [0.5, 0.6) is 0 Å². The van der Waals surface area contributed by atoms with Crippen LogP contribution in [0.2, 0.25) is 0 Å². The molecule has 2 aliphatic rings. The van der Waals surface area contributed by atoms with Crippen molar-refractivity contribution in [3.63, 3.8) is 0 Å². The summed E-state index contributed by atoms with van der Waals surface area (Å²) in [5.41, 5.74) is 0. The SMILES string of the molecule is C[C@@H]1CCCCN1C(=O)[C@H]1COCCN1. The predicted octanol–water partition coefficient (Wildman–Crippen LogP) is 0.376. The fourth-order valence-corrected chi connectivity index (χ4v) is 2.35. The van der Waals surface area contributed by atoms with E-state index in [4.69, 9.17) is 4.74 Å². The summed E-state index contributed by atoms with van der Waals surface area (Å²) in [6, 6.07) is 0.286. The number of nitrogens with one attached hydrogen (secondary N) is 1. The lowest BCUT2D eigenvalue weighted by molar-refractivity contribution is -0.139. The molecule has 86 valence electrons. The second-order valence-corrected chi connectivity index (χ2v) is 4.46. The molecule has 4 heteroatoms. The maximum atomic E-state index is 12.1. The molecule has 2 rings (SSSR count). The van der Waals surface area contributed by atoms with E-state index in [9.17, 15) is 4.79 Å². The molecule has 2 atom stereocenters. The van der Waals surface area contributed by atoms with E-state index in [2.05, 4.69) is 12.2 Å². The van der Waals surface area contributed by atoms with Crippen molar-refractivity contribution in [3.05, 3.63) is 0 Å². The van der Waals surface area contributed by atoms with Crippen LogP contribution in [0.4, 0.5) is 0 Å². The van der Waals surface area contributed by atoms with Gasteiger partial charge in [0, 0.05) is 19.1 Å². The van der Waals surface area contributed by atoms with Gasteiger partial charge in [-0.2, -0.15) is 0 Å². The highest BCUT2D eigenvalue weighted by atomic mass is 16.5. The molecule has 0 saturated carbocycles. The van der Waals surface area contributed by atoms with Crippen molar-refractivity contribution in [2.24, 2.45) is 0 Å². The van der Waals surface area contributed by atoms with Gasteiger partial charge in [-0.1, -0.05) is 0 Å². The van der Waals surface area contributed by atoms with Crippen LogP contribution in [-0.4, -0.2) is 49.2 Å². The monoisotopic (exact) mass is 212 g/mol. The van der Waals surface area contributed by atoms with Crippen LogP contribution >= 0.6 is 0 Å². The van der Waals surface area contributed by atoms with Gasteiger partial charge in [-0.25, -0.2) is 0 Å². The summed E-state index contributed by atoms with van der Waals surface area (Å²) in [6.45, 7) is 5.10. The van der Waals surface area contributed by atoms with E-state index in [0.717, 1.165) is 32.5 Å². The highest BCUT2D eigenvalue weighted by Gasteiger charge is 2.30. The van der Waals surface area contributed by atoms with Crippen molar-refractivity contribution < 1.29 is 9.53 Å². The predicted molar refractivity (Wildman–Crippen MR) is 57.6 cm³/mol. The first-order chi connectivity index (χ1) is 7.29. The molecular formula is C11H20N2O2. The van der Waals surface area contributed by atoms with Crippen molar-refractivity contribution in [3.8, 4) is 0 Å². The molecule has 2 heterocycles. The fraction of sp³-hybridized carbons (Fsp3) is 0.909. The highest BCUT2D eigenvalue weighted by Crippen LogP contribution is 2.17. The molecule has 1 N–H and O–H groups in total. The van der Waals surface area contributed by atoms with Crippen molar-refractivity contribution in [1.29, 1.82) is 0 Å². The molecule has 0 aromatic heterocycles. The molecule has 2 fully saturated rings. The maximum absolute atomic E-state index is 12.1. The molecule has 0 radical (unpaired) electrons. The minimum absolute atomic E-state index is 0.112. The van der Waals surface area contributed by atoms with Gasteiger partial charge in [-0.3, -0.25) is 4.79 Å². The van der Waals surface area contributed by atoms with Gasteiger partial charge >= 0.3 is 0 Å². The number of piperidine rings is 1. The highest BCUT2D eigenvalue weighted by molar-refractivity contribution is 5.82. The minimum Gasteiger partial charge on any atom is -0.378 e. The zero-order valence-electron chi connectivity index (χ0n) is 9.37. The van der Waals surface area contributed by atoms with Crippen LogP contribution < -0.4 is 5.32 Å². The summed E-state index contributed by atoms with van der Waals surface area (Å²) in [6.07, 6.45) is 3.53. The number of ether oxygens (including phenoxy) is 1. The smallest absolute Gasteiger partial charge is 0.242 e. The third kappa shape index (κ3) is 2.49. The van der Waals surface area contributed by atoms with E-state index in [1.54, 1.807) is 0 Å². The van der Waals surface area contributed by atoms with Crippen molar-refractivity contribution in [2.75, 3.05) is 26.3 Å². The number of hydrogen-bond donors (Lipinski definition) is 1. The Morgan fingerprint density at radius 3 is 3.00 bits per heavy atom. The van der Waals surface area contributed by atoms with Crippen LogP contribution in [0.3, 0.4) is 0 Å². The summed E-state index contributed by atoms with van der Waals surface area (Å²) in [7, 11) is 0. The van der Waals surface area contributed by atoms with E-state index in [-0.39, 0.29) is 11.9 Å². The Bertz CT molecular complexity index is 227. The molecule has 0 aromatic carbocycles. The maximum Gasteiger partial charge on any atom is 0.242 e. The largest absolute Gasteiger partial charge is 0.378 e. The van der Waals surface area contributed by atoms with Crippen molar-refractivity contribution in [1.82, 2.24) is 10.2 Å². The third-order valence-electron chi connectivity index (χ3n) is 3.31. The van der Waals surface area contributed by atoms with Gasteiger partial charge < -0.3 is 15.0 Å². The lowest BCUT2D eigenvalue weighted by atomic mass is 10.0. The zero-order chi connectivity index (χ0) is 10.7. The second kappa shape index (κ2) is 4.94. The lowest BCUT2D eigenvalue weighted by Crippen LogP contribution is -2.55. The van der Waals surface area contributed by atoms with Crippen LogP contribution in [0.1, 0.15) is 26.2 Å². The van der Waals surface area contributed by atoms with Gasteiger partial charge in [0.15, 0.2) is 0 Å². The minimum atomic E-state index is -0.112. The van der Waals surface area contributed by atoms with Crippen LogP contribution in [0, 0.1) is 0 Å². The summed E-state index contributed by atoms with van der Waals surface area (Å²) < 4.78 is 5.32. The number of likely N-dealkylation sites (tertiary alicyclic amines) is 1. The lowest BCUT2D eigenvalue weighted by Gasteiger charge is -2.37. The molecule has 0 unspecified atom stereocenters. The summed E-state index contributed by atoms with van der Waals surface area (Å²) in [5, 5.41) is 3.22. The van der Waals surface area contributed by atoms with Gasteiger partial charge in [0.2, 0.25) is 5.91 Å². The van der Waals surface area contributed by atoms with Crippen LogP contribution in [0.25, 0.3) is 0 Å². The fourth-order valence-electron chi connectivity index (χ4n) is 2.35. The zero-order valence-corrected chi connectivity index (χ0v) is 9.37. The Kier molecular flexibility index (Phi) is 3.59. The van der Waals surface area contributed by atoms with Gasteiger partial charge in [0.1, 0.15) is 6.04 Å². The van der Waals surface area contributed by atoms with Crippen LogP contribution in [-0.2, 0) is 9.53 Å². The number of hydrogen-bond acceptors (Lipinski definition) is 3. The van der Waals surface area contributed by atoms with E-state index in [1.165, 1.54) is 6.42 Å². The summed E-state index contributed by atoms with van der Waals surface area (Å²) in [4.78, 5) is 14.2. The average Bonchev–Trinajstić information content (AvgIpc) is 2.30. The molecule has 1 amide bonds. The molecule has 0 aromatic rings. The van der Waals surface area contributed by atoms with Gasteiger partial charge in [0.05, 0.1) is 13.2 Å². The molecule has 0 spiro atoms. The third-order valence-corrected chi connectivity index (χ3v) is 3.31. The van der Waals surface area contributed by atoms with E-state index < -0.39 is 0 Å². The first-order valence-electron chi connectivity index (χ1n) is 5.90. The Balaban J connectivity index is 1.92. The van der Waals surface area contributed by atoms with Gasteiger partial charge in [-0.05, 0) is 26.2 Å². The number of carbonyl (C=O) groups is 1. The molecule has 0 bridgehead atoms. The van der Waals surface area contributed by atoms with Crippen LogP contribution in [0.15, 0.2) is 0 Å². The second-order valence-electron chi connectivity index (χ2n) is 4.46. The van der Waals surface area contributed by atoms with E-state index in [1.807, 2.05) is 4.90 Å². The number of amides is 1. The molecule has 15 heavy (non-hydrogen) atoms. The normalized spacial score (nSPS) is 32.7. The topological polar surface area (TPSA) is 41.6 Å². The Morgan fingerprint density at radius 1 is 1.47 bits per heavy atom. The quantitative estimate of drug-likeness (QED) is 0.683. The number of rotatable bonds is 1. The standard InChI is InChI=1S/C11H20N2O2/c1-9-4-2-3-6-13(9)11(14)10-8-15-7-5-12-10/h9-10,12H,2-8H2,1H3/t9-,10-/m1/s1. The summed E-state index contributed by atoms with van der Waals surface area (Å²) in [5.74, 6) is 0.224. The van der Waals surface area contributed by atoms with E-state index in [0.29, 0.717) is 12.6 Å². The average molecular weight is 212 g/mol. The molecule has 2 saturated heterocycles. The Labute approximate surface area is 91.0 Å². The first-order valence-corrected chi connectivity index (χ1v) is 5.90. The number of nitrogens with zero attached hydrogens (tertiary/aromatic N) is 1. The van der Waals surface area contributed by atoms with Crippen molar-refractivity contribution in [2.45, 2.75) is 38.3 Å². The molecular weight excluding hydrogens is 192 g/mol. The van der Waals surface area contributed by atoms with Crippen molar-refractivity contribution >= 4 is 5.91 Å².